The molecule has 0 aromatic heterocycles. The summed E-state index contributed by atoms with van der Waals surface area (Å²) in [4.78, 5) is 21.8. The first-order chi connectivity index (χ1) is 6.61. The van der Waals surface area contributed by atoms with E-state index >= 15 is 0 Å². The fraction of sp³-hybridized carbons (Fsp3) is 0.556. The third kappa shape index (κ3) is 2.76. The minimum absolute atomic E-state index is 0.144. The van der Waals surface area contributed by atoms with E-state index in [-0.39, 0.29) is 12.5 Å². The van der Waals surface area contributed by atoms with E-state index in [2.05, 4.69) is 5.32 Å². The first kappa shape index (κ1) is 10.6. The van der Waals surface area contributed by atoms with Gasteiger partial charge in [-0.05, 0) is 0 Å². The van der Waals surface area contributed by atoms with Gasteiger partial charge in [0.15, 0.2) is 0 Å². The molecule has 0 aliphatic carbocycles. The number of rotatable bonds is 4. The fourth-order valence-corrected chi connectivity index (χ4v) is 1.00. The maximum Gasteiger partial charge on any atom is 0.308 e. The minimum atomic E-state index is -0.915. The smallest absolute Gasteiger partial charge is 0.308 e. The molecule has 0 saturated carbocycles. The van der Waals surface area contributed by atoms with Crippen molar-refractivity contribution in [2.75, 3.05) is 13.2 Å². The number of ether oxygens (including phenoxy) is 1. The van der Waals surface area contributed by atoms with E-state index in [0.717, 1.165) is 0 Å². The van der Waals surface area contributed by atoms with Crippen LogP contribution in [0.25, 0.3) is 0 Å². The number of carbonyl (C=O) groups excluding carboxylic acids is 1. The SMILES string of the molecule is CC(CNC(=O)C1=COCC1)C(=O)O. The highest BCUT2D eigenvalue weighted by molar-refractivity contribution is 5.93. The molecule has 0 aromatic carbocycles. The summed E-state index contributed by atoms with van der Waals surface area (Å²) < 4.78 is 4.89. The number of aliphatic carboxylic acids is 1. The van der Waals surface area contributed by atoms with Gasteiger partial charge in [0.25, 0.3) is 0 Å². The van der Waals surface area contributed by atoms with Crippen LogP contribution >= 0.6 is 0 Å². The van der Waals surface area contributed by atoms with E-state index in [1.54, 1.807) is 6.92 Å². The van der Waals surface area contributed by atoms with Crippen molar-refractivity contribution in [2.45, 2.75) is 13.3 Å². The number of amides is 1. The summed E-state index contributed by atoms with van der Waals surface area (Å²) in [6.07, 6.45) is 2.01. The van der Waals surface area contributed by atoms with E-state index in [1.165, 1.54) is 6.26 Å². The number of carboxylic acids is 1. The van der Waals surface area contributed by atoms with Gasteiger partial charge in [-0.3, -0.25) is 9.59 Å². The highest BCUT2D eigenvalue weighted by Gasteiger charge is 2.17. The minimum Gasteiger partial charge on any atom is -0.500 e. The van der Waals surface area contributed by atoms with Gasteiger partial charge >= 0.3 is 5.97 Å². The Morgan fingerprint density at radius 3 is 2.93 bits per heavy atom. The lowest BCUT2D eigenvalue weighted by Gasteiger charge is -2.07. The maximum absolute atomic E-state index is 11.3. The van der Waals surface area contributed by atoms with E-state index in [0.29, 0.717) is 18.6 Å². The Bertz CT molecular complexity index is 272. The predicted molar refractivity (Wildman–Crippen MR) is 48.5 cm³/mol. The third-order valence-electron chi connectivity index (χ3n) is 2.00. The summed E-state index contributed by atoms with van der Waals surface area (Å²) in [5, 5.41) is 11.1. The molecule has 14 heavy (non-hydrogen) atoms. The Kier molecular flexibility index (Phi) is 3.50. The van der Waals surface area contributed by atoms with Crippen molar-refractivity contribution < 1.29 is 19.4 Å². The van der Waals surface area contributed by atoms with Crippen molar-refractivity contribution in [3.8, 4) is 0 Å². The third-order valence-corrected chi connectivity index (χ3v) is 2.00. The largest absolute Gasteiger partial charge is 0.500 e. The monoisotopic (exact) mass is 199 g/mol. The van der Waals surface area contributed by atoms with Crippen LogP contribution in [0.3, 0.4) is 0 Å². The van der Waals surface area contributed by atoms with Gasteiger partial charge in [-0.25, -0.2) is 0 Å². The molecule has 1 atom stereocenters. The molecule has 0 spiro atoms. The van der Waals surface area contributed by atoms with Gasteiger partial charge in [0.1, 0.15) is 0 Å². The summed E-state index contributed by atoms with van der Waals surface area (Å²) in [5.41, 5.74) is 0.572. The molecule has 78 valence electrons. The molecule has 0 aromatic rings. The summed E-state index contributed by atoms with van der Waals surface area (Å²) in [7, 11) is 0. The quantitative estimate of drug-likeness (QED) is 0.674. The summed E-state index contributed by atoms with van der Waals surface area (Å²) in [6, 6.07) is 0. The van der Waals surface area contributed by atoms with Gasteiger partial charge in [0, 0.05) is 13.0 Å². The van der Waals surface area contributed by atoms with Crippen LogP contribution in [0.1, 0.15) is 13.3 Å². The van der Waals surface area contributed by atoms with E-state index < -0.39 is 11.9 Å². The van der Waals surface area contributed by atoms with Crippen LogP contribution in [-0.2, 0) is 14.3 Å². The molecule has 5 heteroatoms. The van der Waals surface area contributed by atoms with Crippen LogP contribution in [0.5, 0.6) is 0 Å². The zero-order valence-corrected chi connectivity index (χ0v) is 7.95. The van der Waals surface area contributed by atoms with Crippen LogP contribution in [-0.4, -0.2) is 30.1 Å². The molecule has 2 N–H and O–H groups in total. The summed E-state index contributed by atoms with van der Waals surface area (Å²) in [6.45, 7) is 2.21. The topological polar surface area (TPSA) is 75.6 Å². The Labute approximate surface area is 81.7 Å². The molecule has 1 rings (SSSR count). The first-order valence-corrected chi connectivity index (χ1v) is 4.43. The second-order valence-electron chi connectivity index (χ2n) is 3.21. The van der Waals surface area contributed by atoms with Gasteiger partial charge in [0.2, 0.25) is 5.91 Å². The van der Waals surface area contributed by atoms with Gasteiger partial charge < -0.3 is 15.2 Å². The molecule has 1 aliphatic heterocycles. The van der Waals surface area contributed by atoms with Gasteiger partial charge in [-0.15, -0.1) is 0 Å². The number of carboxylic acid groups (broad SMARTS) is 1. The van der Waals surface area contributed by atoms with Crippen molar-refractivity contribution in [3.63, 3.8) is 0 Å². The van der Waals surface area contributed by atoms with Crippen molar-refractivity contribution in [1.29, 1.82) is 0 Å². The molecule has 0 radical (unpaired) electrons. The summed E-state index contributed by atoms with van der Waals surface area (Å²) >= 11 is 0. The predicted octanol–water partition coefficient (Wildman–Crippen LogP) is 0.127. The number of hydrogen-bond acceptors (Lipinski definition) is 3. The van der Waals surface area contributed by atoms with Crippen LogP contribution < -0.4 is 5.32 Å². The first-order valence-electron chi connectivity index (χ1n) is 4.43. The standard InChI is InChI=1S/C9H13NO4/c1-6(9(12)13)4-10-8(11)7-2-3-14-5-7/h5-6H,2-4H2,1H3,(H,10,11)(H,12,13). The maximum atomic E-state index is 11.3. The zero-order chi connectivity index (χ0) is 10.6. The van der Waals surface area contributed by atoms with Crippen LogP contribution in [0.2, 0.25) is 0 Å². The molecule has 1 heterocycles. The highest BCUT2D eigenvalue weighted by atomic mass is 16.5. The molecule has 1 aliphatic rings. The van der Waals surface area contributed by atoms with Crippen molar-refractivity contribution >= 4 is 11.9 Å². The van der Waals surface area contributed by atoms with Crippen molar-refractivity contribution in [3.05, 3.63) is 11.8 Å². The van der Waals surface area contributed by atoms with E-state index in [1.807, 2.05) is 0 Å². The van der Waals surface area contributed by atoms with Crippen molar-refractivity contribution in [1.82, 2.24) is 5.32 Å². The molecule has 0 bridgehead atoms. The Balaban J connectivity index is 2.31. The Hall–Kier alpha value is -1.52. The molecule has 0 saturated heterocycles. The fourth-order valence-electron chi connectivity index (χ4n) is 1.00. The Morgan fingerprint density at radius 1 is 1.71 bits per heavy atom. The lowest BCUT2D eigenvalue weighted by molar-refractivity contribution is -0.141. The lowest BCUT2D eigenvalue weighted by atomic mass is 10.1. The van der Waals surface area contributed by atoms with Crippen LogP contribution in [0.15, 0.2) is 11.8 Å². The molecule has 1 unspecified atom stereocenters. The average molecular weight is 199 g/mol. The normalized spacial score (nSPS) is 16.8. The molecule has 1 amide bonds. The summed E-state index contributed by atoms with van der Waals surface area (Å²) in [5.74, 6) is -1.72. The second kappa shape index (κ2) is 4.64. The Morgan fingerprint density at radius 2 is 2.43 bits per heavy atom. The molecule has 0 fully saturated rings. The van der Waals surface area contributed by atoms with Crippen LogP contribution in [0.4, 0.5) is 0 Å². The van der Waals surface area contributed by atoms with Gasteiger partial charge in [0.05, 0.1) is 24.4 Å². The number of hydrogen-bond donors (Lipinski definition) is 2. The van der Waals surface area contributed by atoms with E-state index in [9.17, 15) is 9.59 Å². The molecular weight excluding hydrogens is 186 g/mol. The molecule has 5 nitrogen and oxygen atoms in total. The van der Waals surface area contributed by atoms with Crippen molar-refractivity contribution in [2.24, 2.45) is 5.92 Å². The average Bonchev–Trinajstić information content (AvgIpc) is 2.66. The number of carbonyl (C=O) groups is 2. The number of nitrogens with one attached hydrogen (secondary N) is 1. The van der Waals surface area contributed by atoms with Gasteiger partial charge in [-0.2, -0.15) is 0 Å². The molecular formula is C9H13NO4. The highest BCUT2D eigenvalue weighted by Crippen LogP contribution is 2.09. The van der Waals surface area contributed by atoms with E-state index in [4.69, 9.17) is 9.84 Å². The zero-order valence-electron chi connectivity index (χ0n) is 7.95. The second-order valence-corrected chi connectivity index (χ2v) is 3.21. The lowest BCUT2D eigenvalue weighted by Crippen LogP contribution is -2.32. The van der Waals surface area contributed by atoms with Gasteiger partial charge in [-0.1, -0.05) is 6.92 Å². The van der Waals surface area contributed by atoms with Crippen LogP contribution in [0, 0.1) is 5.92 Å².